The normalized spacial score (nSPS) is 11.4. The van der Waals surface area contributed by atoms with E-state index in [-0.39, 0.29) is 0 Å². The molecule has 0 aliphatic rings. The number of fused-ring (bicyclic) bond motifs is 1. The molecule has 22 heavy (non-hydrogen) atoms. The highest BCUT2D eigenvalue weighted by Gasteiger charge is 2.14. The van der Waals surface area contributed by atoms with E-state index in [0.29, 0.717) is 11.1 Å². The molecule has 0 unspecified atom stereocenters. The maximum Gasteiger partial charge on any atom is 0.276 e. The third-order valence-electron chi connectivity index (χ3n) is 3.34. The molecule has 0 saturated carbocycles. The van der Waals surface area contributed by atoms with Crippen LogP contribution < -0.4 is 0 Å². The van der Waals surface area contributed by atoms with Gasteiger partial charge in [-0.2, -0.15) is 5.10 Å². The van der Waals surface area contributed by atoms with E-state index < -0.39 is 0 Å². The van der Waals surface area contributed by atoms with Crippen molar-refractivity contribution in [2.75, 3.05) is 6.26 Å². The van der Waals surface area contributed by atoms with E-state index in [2.05, 4.69) is 20.3 Å². The highest BCUT2D eigenvalue weighted by Crippen LogP contribution is 2.25. The van der Waals surface area contributed by atoms with Gasteiger partial charge in [0.05, 0.1) is 12.4 Å². The monoisotopic (exact) mass is 312 g/mol. The van der Waals surface area contributed by atoms with Crippen molar-refractivity contribution in [2.24, 2.45) is 7.05 Å². The molecule has 0 spiro atoms. The van der Waals surface area contributed by atoms with E-state index in [9.17, 15) is 0 Å². The van der Waals surface area contributed by atoms with Crippen molar-refractivity contribution in [1.82, 2.24) is 29.4 Å². The number of thioether (sulfide) groups is 1. The first-order chi connectivity index (χ1) is 10.7. The Hall–Kier alpha value is -2.61. The van der Waals surface area contributed by atoms with Crippen LogP contribution >= 0.6 is 11.8 Å². The van der Waals surface area contributed by atoms with Gasteiger partial charge in [0.15, 0.2) is 0 Å². The van der Waals surface area contributed by atoms with Crippen LogP contribution in [-0.2, 0) is 7.05 Å². The maximum atomic E-state index is 5.60. The SMILES string of the molecule is CSc1nnc(-c2cnc3ccc(-c4cnn(C)c4)cn23)o1. The zero-order valence-corrected chi connectivity index (χ0v) is 12.8. The van der Waals surface area contributed by atoms with Crippen LogP contribution in [-0.4, -0.2) is 35.6 Å². The number of pyridine rings is 1. The Balaban J connectivity index is 1.86. The molecule has 0 bridgehead atoms. The molecule has 0 radical (unpaired) electrons. The molecule has 4 aromatic rings. The summed E-state index contributed by atoms with van der Waals surface area (Å²) in [6, 6.07) is 3.97. The quantitative estimate of drug-likeness (QED) is 0.541. The average Bonchev–Trinajstić information content (AvgIpc) is 3.24. The third-order valence-corrected chi connectivity index (χ3v) is 3.86. The molecule has 0 N–H and O–H groups in total. The van der Waals surface area contributed by atoms with E-state index in [0.717, 1.165) is 22.5 Å². The zero-order chi connectivity index (χ0) is 15.1. The Labute approximate surface area is 130 Å². The second kappa shape index (κ2) is 4.99. The summed E-state index contributed by atoms with van der Waals surface area (Å²) < 4.78 is 9.32. The fourth-order valence-electron chi connectivity index (χ4n) is 2.28. The number of aryl methyl sites for hydroxylation is 1. The Morgan fingerprint density at radius 3 is 2.73 bits per heavy atom. The number of rotatable bonds is 3. The third kappa shape index (κ3) is 2.08. The first-order valence-corrected chi connectivity index (χ1v) is 7.81. The van der Waals surface area contributed by atoms with Gasteiger partial charge in [-0.05, 0) is 18.4 Å². The Bertz CT molecular complexity index is 953. The van der Waals surface area contributed by atoms with Crippen molar-refractivity contribution < 1.29 is 4.42 Å². The summed E-state index contributed by atoms with van der Waals surface area (Å²) >= 11 is 1.41. The summed E-state index contributed by atoms with van der Waals surface area (Å²) in [5, 5.41) is 12.8. The first kappa shape index (κ1) is 13.1. The van der Waals surface area contributed by atoms with Crippen molar-refractivity contribution in [3.05, 3.63) is 36.9 Å². The summed E-state index contributed by atoms with van der Waals surface area (Å²) in [5.41, 5.74) is 3.68. The lowest BCUT2D eigenvalue weighted by atomic mass is 10.2. The van der Waals surface area contributed by atoms with E-state index >= 15 is 0 Å². The molecule has 4 heterocycles. The van der Waals surface area contributed by atoms with Crippen molar-refractivity contribution in [3.8, 4) is 22.7 Å². The van der Waals surface area contributed by atoms with Crippen LogP contribution in [0, 0.1) is 0 Å². The molecule has 7 nitrogen and oxygen atoms in total. The molecule has 0 aliphatic heterocycles. The molecule has 0 aromatic carbocycles. The molecular formula is C14H12N6OS. The van der Waals surface area contributed by atoms with Crippen molar-refractivity contribution in [1.29, 1.82) is 0 Å². The summed E-state index contributed by atoms with van der Waals surface area (Å²) in [6.07, 6.45) is 9.43. The number of hydrogen-bond donors (Lipinski definition) is 0. The molecule has 110 valence electrons. The Morgan fingerprint density at radius 2 is 2.00 bits per heavy atom. The minimum absolute atomic E-state index is 0.459. The lowest BCUT2D eigenvalue weighted by Gasteiger charge is -2.01. The Morgan fingerprint density at radius 1 is 1.09 bits per heavy atom. The molecule has 4 aromatic heterocycles. The van der Waals surface area contributed by atoms with Gasteiger partial charge in [-0.1, -0.05) is 11.8 Å². The van der Waals surface area contributed by atoms with Crippen LogP contribution in [0.2, 0.25) is 0 Å². The van der Waals surface area contributed by atoms with E-state index in [1.165, 1.54) is 11.8 Å². The van der Waals surface area contributed by atoms with Crippen LogP contribution in [0.3, 0.4) is 0 Å². The predicted molar refractivity (Wildman–Crippen MR) is 82.5 cm³/mol. The second-order valence-electron chi connectivity index (χ2n) is 4.77. The van der Waals surface area contributed by atoms with Crippen LogP contribution in [0.4, 0.5) is 0 Å². The summed E-state index contributed by atoms with van der Waals surface area (Å²) in [5.74, 6) is 0.459. The topological polar surface area (TPSA) is 74.0 Å². The van der Waals surface area contributed by atoms with E-state index in [1.807, 2.05) is 48.4 Å². The highest BCUT2D eigenvalue weighted by atomic mass is 32.2. The highest BCUT2D eigenvalue weighted by molar-refractivity contribution is 7.98. The number of hydrogen-bond acceptors (Lipinski definition) is 6. The fourth-order valence-corrected chi connectivity index (χ4v) is 2.56. The molecular weight excluding hydrogens is 300 g/mol. The van der Waals surface area contributed by atoms with Gasteiger partial charge in [-0.3, -0.25) is 9.08 Å². The predicted octanol–water partition coefficient (Wildman–Crippen LogP) is 2.51. The lowest BCUT2D eigenvalue weighted by Crippen LogP contribution is -1.90. The molecule has 0 saturated heterocycles. The summed E-state index contributed by atoms with van der Waals surface area (Å²) in [6.45, 7) is 0. The Kier molecular flexibility index (Phi) is 2.97. The van der Waals surface area contributed by atoms with Crippen molar-refractivity contribution in [3.63, 3.8) is 0 Å². The standard InChI is InChI=1S/C14H12N6OS/c1-19-7-10(5-16-19)9-3-4-12-15-6-11(20(12)8-9)13-17-18-14(21-13)22-2/h3-8H,1-2H3. The molecule has 0 aliphatic carbocycles. The van der Waals surface area contributed by atoms with Gasteiger partial charge in [-0.15, -0.1) is 10.2 Å². The van der Waals surface area contributed by atoms with Crippen molar-refractivity contribution >= 4 is 17.4 Å². The lowest BCUT2D eigenvalue weighted by molar-refractivity contribution is 0.465. The van der Waals surface area contributed by atoms with Crippen LogP contribution in [0.25, 0.3) is 28.4 Å². The van der Waals surface area contributed by atoms with Gasteiger partial charge >= 0.3 is 0 Å². The van der Waals surface area contributed by atoms with Gasteiger partial charge in [0, 0.05) is 30.6 Å². The van der Waals surface area contributed by atoms with E-state index in [1.54, 1.807) is 10.9 Å². The minimum atomic E-state index is 0.459. The zero-order valence-electron chi connectivity index (χ0n) is 12.0. The van der Waals surface area contributed by atoms with Crippen molar-refractivity contribution in [2.45, 2.75) is 5.22 Å². The fraction of sp³-hybridized carbons (Fsp3) is 0.143. The molecule has 8 heteroatoms. The van der Waals surface area contributed by atoms with Crippen LogP contribution in [0.1, 0.15) is 0 Å². The molecule has 0 atom stereocenters. The molecule has 4 rings (SSSR count). The number of aromatic nitrogens is 6. The van der Waals surface area contributed by atoms with Gasteiger partial charge in [0.25, 0.3) is 11.1 Å². The number of nitrogens with zero attached hydrogens (tertiary/aromatic N) is 6. The smallest absolute Gasteiger partial charge is 0.276 e. The molecule has 0 fully saturated rings. The maximum absolute atomic E-state index is 5.60. The van der Waals surface area contributed by atoms with E-state index in [4.69, 9.17) is 4.42 Å². The minimum Gasteiger partial charge on any atom is -0.410 e. The first-order valence-electron chi connectivity index (χ1n) is 6.58. The van der Waals surface area contributed by atoms with Gasteiger partial charge in [0.2, 0.25) is 0 Å². The summed E-state index contributed by atoms with van der Waals surface area (Å²) in [7, 11) is 1.90. The van der Waals surface area contributed by atoms with Gasteiger partial charge in [-0.25, -0.2) is 4.98 Å². The molecule has 0 amide bonds. The average molecular weight is 312 g/mol. The second-order valence-corrected chi connectivity index (χ2v) is 5.53. The summed E-state index contributed by atoms with van der Waals surface area (Å²) in [4.78, 5) is 4.38. The largest absolute Gasteiger partial charge is 0.410 e. The number of imidazole rings is 1. The van der Waals surface area contributed by atoms with Gasteiger partial charge < -0.3 is 4.42 Å². The van der Waals surface area contributed by atoms with Gasteiger partial charge in [0.1, 0.15) is 11.3 Å². The van der Waals surface area contributed by atoms with Crippen LogP contribution in [0.15, 0.2) is 46.6 Å². The van der Waals surface area contributed by atoms with Crippen LogP contribution in [0.5, 0.6) is 0 Å².